The Hall–Kier alpha value is -0.860. The van der Waals surface area contributed by atoms with Crippen LogP contribution in [-0.2, 0) is 6.42 Å². The topological polar surface area (TPSA) is 15.3 Å². The summed E-state index contributed by atoms with van der Waals surface area (Å²) in [6, 6.07) is 9.54. The van der Waals surface area contributed by atoms with Crippen molar-refractivity contribution in [1.29, 1.82) is 0 Å². The number of fused-ring (bicyclic) bond motifs is 1. The van der Waals surface area contributed by atoms with Crippen molar-refractivity contribution in [1.82, 2.24) is 10.2 Å². The molecule has 0 aliphatic heterocycles. The van der Waals surface area contributed by atoms with Gasteiger partial charge in [0, 0.05) is 11.6 Å². The highest BCUT2D eigenvalue weighted by atomic mass is 15.2. The summed E-state index contributed by atoms with van der Waals surface area (Å²) >= 11 is 0. The van der Waals surface area contributed by atoms with E-state index in [1.807, 2.05) is 0 Å². The monoisotopic (exact) mass is 274 g/mol. The maximum Gasteiger partial charge on any atom is 0.0300 e. The number of nitrogens with zero attached hydrogens (tertiary/aromatic N) is 1. The number of likely N-dealkylation sites (N-methyl/N-ethyl adjacent to an activating group) is 2. The van der Waals surface area contributed by atoms with Gasteiger partial charge in [0.05, 0.1) is 0 Å². The van der Waals surface area contributed by atoms with Crippen molar-refractivity contribution in [2.24, 2.45) is 0 Å². The molecule has 0 amide bonds. The summed E-state index contributed by atoms with van der Waals surface area (Å²) in [5.74, 6) is 0.705. The van der Waals surface area contributed by atoms with Crippen molar-refractivity contribution in [3.63, 3.8) is 0 Å². The Labute approximate surface area is 124 Å². The quantitative estimate of drug-likeness (QED) is 0.885. The molecule has 112 valence electrons. The third kappa shape index (κ3) is 3.07. The molecule has 1 aliphatic rings. The van der Waals surface area contributed by atoms with Gasteiger partial charge in [0.25, 0.3) is 0 Å². The zero-order valence-corrected chi connectivity index (χ0v) is 13.7. The van der Waals surface area contributed by atoms with E-state index < -0.39 is 0 Å². The van der Waals surface area contributed by atoms with Gasteiger partial charge < -0.3 is 10.2 Å². The molecule has 1 aromatic carbocycles. The average Bonchev–Trinajstić information content (AvgIpc) is 2.44. The fraction of sp³-hybridized carbons (Fsp3) is 0.667. The van der Waals surface area contributed by atoms with Crippen molar-refractivity contribution in [2.45, 2.75) is 57.0 Å². The third-order valence-electron chi connectivity index (χ3n) is 5.37. The van der Waals surface area contributed by atoms with Crippen LogP contribution in [0.2, 0.25) is 0 Å². The van der Waals surface area contributed by atoms with Gasteiger partial charge in [-0.3, -0.25) is 0 Å². The molecule has 2 heteroatoms. The first-order chi connectivity index (χ1) is 9.46. The number of benzene rings is 1. The van der Waals surface area contributed by atoms with E-state index in [4.69, 9.17) is 0 Å². The minimum atomic E-state index is 0.168. The Balaban J connectivity index is 2.17. The first-order valence-electron chi connectivity index (χ1n) is 7.89. The molecule has 2 rings (SSSR count). The first kappa shape index (κ1) is 15.5. The van der Waals surface area contributed by atoms with Crippen LogP contribution < -0.4 is 5.32 Å². The van der Waals surface area contributed by atoms with E-state index in [2.05, 4.69) is 69.5 Å². The van der Waals surface area contributed by atoms with Crippen LogP contribution in [0, 0.1) is 0 Å². The summed E-state index contributed by atoms with van der Waals surface area (Å²) in [6.07, 6.45) is 5.14. The molecule has 0 spiro atoms. The summed E-state index contributed by atoms with van der Waals surface area (Å²) in [5, 5.41) is 3.56. The van der Waals surface area contributed by atoms with E-state index in [9.17, 15) is 0 Å². The Morgan fingerprint density at radius 3 is 2.65 bits per heavy atom. The van der Waals surface area contributed by atoms with Crippen molar-refractivity contribution in [2.75, 3.05) is 21.1 Å². The van der Waals surface area contributed by atoms with Crippen LogP contribution in [0.1, 0.15) is 50.2 Å². The summed E-state index contributed by atoms with van der Waals surface area (Å²) in [4.78, 5) is 2.34. The highest BCUT2D eigenvalue weighted by Crippen LogP contribution is 2.36. The Kier molecular flexibility index (Phi) is 4.87. The molecule has 0 radical (unpaired) electrons. The zero-order chi connectivity index (χ0) is 14.8. The third-order valence-corrected chi connectivity index (χ3v) is 5.37. The van der Waals surface area contributed by atoms with E-state index >= 15 is 0 Å². The number of hydrogen-bond donors (Lipinski definition) is 1. The van der Waals surface area contributed by atoms with Crippen molar-refractivity contribution >= 4 is 0 Å². The predicted octanol–water partition coefficient (Wildman–Crippen LogP) is 3.42. The second-order valence-electron chi connectivity index (χ2n) is 6.91. The number of rotatable bonds is 5. The lowest BCUT2D eigenvalue weighted by Crippen LogP contribution is -2.54. The van der Waals surface area contributed by atoms with Gasteiger partial charge in [0.15, 0.2) is 0 Å². The van der Waals surface area contributed by atoms with Crippen LogP contribution in [0.5, 0.6) is 0 Å². The molecule has 0 aromatic heterocycles. The standard InChI is InChI=1S/C18H30N2/c1-18(2,20(4)5)17(19-3)13-15-11-8-10-14-9-6-7-12-16(14)15/h6-7,9,12,15,17,19H,8,10-11,13H2,1-5H3. The molecule has 1 N–H and O–H groups in total. The molecule has 0 heterocycles. The van der Waals surface area contributed by atoms with Crippen LogP contribution in [0.15, 0.2) is 24.3 Å². The lowest BCUT2D eigenvalue weighted by molar-refractivity contribution is 0.130. The minimum absolute atomic E-state index is 0.168. The Morgan fingerprint density at radius 2 is 2.00 bits per heavy atom. The molecule has 0 bridgehead atoms. The summed E-state index contributed by atoms with van der Waals surface area (Å²) in [7, 11) is 6.46. The Morgan fingerprint density at radius 1 is 1.30 bits per heavy atom. The summed E-state index contributed by atoms with van der Waals surface area (Å²) in [6.45, 7) is 4.67. The molecule has 20 heavy (non-hydrogen) atoms. The lowest BCUT2D eigenvalue weighted by Gasteiger charge is -2.42. The number of hydrogen-bond acceptors (Lipinski definition) is 2. The molecule has 1 aliphatic carbocycles. The van der Waals surface area contributed by atoms with Gasteiger partial charge in [-0.25, -0.2) is 0 Å². The maximum atomic E-state index is 3.56. The van der Waals surface area contributed by atoms with Gasteiger partial charge in [-0.1, -0.05) is 24.3 Å². The fourth-order valence-corrected chi connectivity index (χ4v) is 3.46. The second-order valence-corrected chi connectivity index (χ2v) is 6.91. The van der Waals surface area contributed by atoms with Crippen LogP contribution in [-0.4, -0.2) is 37.6 Å². The highest BCUT2D eigenvalue weighted by Gasteiger charge is 2.33. The molecule has 1 aromatic rings. The number of aryl methyl sites for hydroxylation is 1. The average molecular weight is 274 g/mol. The minimum Gasteiger partial charge on any atom is -0.315 e. The SMILES string of the molecule is CNC(CC1CCCc2ccccc21)C(C)(C)N(C)C. The van der Waals surface area contributed by atoms with Gasteiger partial charge in [-0.15, -0.1) is 0 Å². The van der Waals surface area contributed by atoms with Crippen LogP contribution in [0.25, 0.3) is 0 Å². The van der Waals surface area contributed by atoms with E-state index in [1.165, 1.54) is 25.7 Å². The van der Waals surface area contributed by atoms with Gasteiger partial charge in [0.2, 0.25) is 0 Å². The lowest BCUT2D eigenvalue weighted by atomic mass is 9.76. The van der Waals surface area contributed by atoms with E-state index in [0.717, 1.165) is 0 Å². The molecule has 0 saturated heterocycles. The van der Waals surface area contributed by atoms with Gasteiger partial charge in [-0.05, 0) is 77.7 Å². The van der Waals surface area contributed by atoms with Crippen LogP contribution in [0.4, 0.5) is 0 Å². The van der Waals surface area contributed by atoms with Crippen LogP contribution in [0.3, 0.4) is 0 Å². The van der Waals surface area contributed by atoms with E-state index in [0.29, 0.717) is 12.0 Å². The van der Waals surface area contributed by atoms with Gasteiger partial charge in [0.1, 0.15) is 0 Å². The molecule has 2 unspecified atom stereocenters. The molecular formula is C18H30N2. The predicted molar refractivity (Wildman–Crippen MR) is 87.4 cm³/mol. The largest absolute Gasteiger partial charge is 0.315 e. The number of nitrogens with one attached hydrogen (secondary N) is 1. The highest BCUT2D eigenvalue weighted by molar-refractivity contribution is 5.32. The molecule has 2 atom stereocenters. The first-order valence-corrected chi connectivity index (χ1v) is 7.89. The fourth-order valence-electron chi connectivity index (χ4n) is 3.46. The maximum absolute atomic E-state index is 3.56. The smallest absolute Gasteiger partial charge is 0.0300 e. The van der Waals surface area contributed by atoms with Crippen molar-refractivity contribution in [3.8, 4) is 0 Å². The Bertz CT molecular complexity index is 437. The zero-order valence-electron chi connectivity index (χ0n) is 13.7. The molecule has 0 fully saturated rings. The summed E-state index contributed by atoms with van der Waals surface area (Å²) in [5.41, 5.74) is 3.33. The second kappa shape index (κ2) is 6.28. The van der Waals surface area contributed by atoms with E-state index in [-0.39, 0.29) is 5.54 Å². The van der Waals surface area contributed by atoms with Gasteiger partial charge >= 0.3 is 0 Å². The van der Waals surface area contributed by atoms with Crippen molar-refractivity contribution in [3.05, 3.63) is 35.4 Å². The van der Waals surface area contributed by atoms with Crippen LogP contribution >= 0.6 is 0 Å². The van der Waals surface area contributed by atoms with E-state index in [1.54, 1.807) is 11.1 Å². The van der Waals surface area contributed by atoms with Gasteiger partial charge in [-0.2, -0.15) is 0 Å². The van der Waals surface area contributed by atoms with Crippen molar-refractivity contribution < 1.29 is 0 Å². The summed E-state index contributed by atoms with van der Waals surface area (Å²) < 4.78 is 0. The molecule has 0 saturated carbocycles. The molecular weight excluding hydrogens is 244 g/mol. The molecule has 2 nitrogen and oxygen atoms in total. The normalized spacial score (nSPS) is 20.8.